The number of nitrogens with zero attached hydrogens (tertiary/aromatic N) is 1. The van der Waals surface area contributed by atoms with E-state index in [4.69, 9.17) is 32.8 Å². The molecule has 1 aliphatic carbocycles. The molecule has 3 aromatic carbocycles. The largest absolute Gasteiger partial charge is 0.497 e. The second-order valence-electron chi connectivity index (χ2n) is 7.11. The van der Waals surface area contributed by atoms with E-state index < -0.39 is 0 Å². The normalized spacial score (nSPS) is 18.4. The minimum absolute atomic E-state index is 0.315. The summed E-state index contributed by atoms with van der Waals surface area (Å²) in [4.78, 5) is 5.73. The van der Waals surface area contributed by atoms with Crippen LogP contribution in [-0.2, 0) is 11.4 Å². The minimum Gasteiger partial charge on any atom is -0.497 e. The third-order valence-electron chi connectivity index (χ3n) is 5.13. The first-order chi connectivity index (χ1) is 14.1. The van der Waals surface area contributed by atoms with Gasteiger partial charge in [-0.05, 0) is 77.6 Å². The highest BCUT2D eigenvalue weighted by molar-refractivity contribution is 6.30. The highest BCUT2D eigenvalue weighted by Gasteiger charge is 2.43. The Morgan fingerprint density at radius 3 is 2.14 bits per heavy atom. The molecule has 148 valence electrons. The Kier molecular flexibility index (Phi) is 6.08. The van der Waals surface area contributed by atoms with Crippen LogP contribution in [0.15, 0.2) is 78.0 Å². The smallest absolute Gasteiger partial charge is 0.142 e. The van der Waals surface area contributed by atoms with Gasteiger partial charge in [0.2, 0.25) is 0 Å². The second-order valence-corrected chi connectivity index (χ2v) is 7.98. The Hall–Kier alpha value is -2.49. The summed E-state index contributed by atoms with van der Waals surface area (Å²) >= 11 is 12.0. The van der Waals surface area contributed by atoms with Gasteiger partial charge in [0.15, 0.2) is 0 Å². The lowest BCUT2D eigenvalue weighted by atomic mass is 10.0. The van der Waals surface area contributed by atoms with Crippen LogP contribution in [0, 0.1) is 5.92 Å². The molecule has 3 aromatic rings. The fraction of sp³-hybridized carbons (Fsp3) is 0.208. The summed E-state index contributed by atoms with van der Waals surface area (Å²) in [7, 11) is 1.66. The summed E-state index contributed by atoms with van der Waals surface area (Å²) < 4.78 is 5.28. The van der Waals surface area contributed by atoms with Crippen molar-refractivity contribution in [3.8, 4) is 5.75 Å². The van der Waals surface area contributed by atoms with Crippen molar-refractivity contribution in [3.05, 3.63) is 99.5 Å². The molecule has 0 saturated heterocycles. The van der Waals surface area contributed by atoms with Crippen molar-refractivity contribution in [1.82, 2.24) is 0 Å². The van der Waals surface area contributed by atoms with E-state index >= 15 is 0 Å². The molecular weight excluding hydrogens is 405 g/mol. The highest BCUT2D eigenvalue weighted by atomic mass is 35.5. The zero-order valence-electron chi connectivity index (χ0n) is 16.0. The molecule has 0 spiro atoms. The molecule has 0 aliphatic heterocycles. The first-order valence-corrected chi connectivity index (χ1v) is 10.2. The average Bonchev–Trinajstić information content (AvgIpc) is 3.54. The zero-order valence-corrected chi connectivity index (χ0v) is 17.5. The van der Waals surface area contributed by atoms with Crippen LogP contribution in [0.1, 0.15) is 29.0 Å². The molecular formula is C24H21Cl2NO2. The third-order valence-corrected chi connectivity index (χ3v) is 5.64. The van der Waals surface area contributed by atoms with Gasteiger partial charge in [0, 0.05) is 16.0 Å². The lowest BCUT2D eigenvalue weighted by molar-refractivity contribution is 0.130. The molecule has 0 bridgehead atoms. The molecule has 2 unspecified atom stereocenters. The van der Waals surface area contributed by atoms with Crippen LogP contribution in [0.5, 0.6) is 5.75 Å². The molecule has 1 aliphatic rings. The predicted octanol–water partition coefficient (Wildman–Crippen LogP) is 6.73. The van der Waals surface area contributed by atoms with Gasteiger partial charge >= 0.3 is 0 Å². The molecule has 2 atom stereocenters. The Bertz CT molecular complexity index is 983. The summed E-state index contributed by atoms with van der Waals surface area (Å²) in [5.74, 6) is 1.56. The van der Waals surface area contributed by atoms with Crippen molar-refractivity contribution >= 4 is 28.9 Å². The Labute approximate surface area is 180 Å². The molecule has 29 heavy (non-hydrogen) atoms. The van der Waals surface area contributed by atoms with Gasteiger partial charge in [0.05, 0.1) is 12.8 Å². The fourth-order valence-electron chi connectivity index (χ4n) is 3.43. The molecule has 0 N–H and O–H groups in total. The predicted molar refractivity (Wildman–Crippen MR) is 118 cm³/mol. The third kappa shape index (κ3) is 4.92. The number of rotatable bonds is 7. The number of benzene rings is 3. The van der Waals surface area contributed by atoms with Gasteiger partial charge in [0.25, 0.3) is 0 Å². The first-order valence-electron chi connectivity index (χ1n) is 9.48. The highest BCUT2D eigenvalue weighted by Crippen LogP contribution is 2.49. The molecule has 1 saturated carbocycles. The van der Waals surface area contributed by atoms with Gasteiger partial charge in [-0.25, -0.2) is 0 Å². The van der Waals surface area contributed by atoms with E-state index in [2.05, 4.69) is 17.3 Å². The molecule has 3 nitrogen and oxygen atoms in total. The van der Waals surface area contributed by atoms with Crippen molar-refractivity contribution in [2.75, 3.05) is 7.11 Å². The van der Waals surface area contributed by atoms with E-state index in [1.54, 1.807) is 7.11 Å². The number of methoxy groups -OCH3 is 1. The van der Waals surface area contributed by atoms with Crippen LogP contribution in [0.25, 0.3) is 0 Å². The summed E-state index contributed by atoms with van der Waals surface area (Å²) in [6.07, 6.45) is 1.04. The van der Waals surface area contributed by atoms with Crippen molar-refractivity contribution in [1.29, 1.82) is 0 Å². The lowest BCUT2D eigenvalue weighted by Crippen LogP contribution is -2.07. The van der Waals surface area contributed by atoms with Crippen LogP contribution < -0.4 is 4.74 Å². The monoisotopic (exact) mass is 425 g/mol. The van der Waals surface area contributed by atoms with E-state index in [1.165, 1.54) is 5.56 Å². The fourth-order valence-corrected chi connectivity index (χ4v) is 3.68. The maximum absolute atomic E-state index is 6.03. The van der Waals surface area contributed by atoms with Crippen LogP contribution >= 0.6 is 23.2 Å². The van der Waals surface area contributed by atoms with E-state index in [-0.39, 0.29) is 0 Å². The molecule has 0 radical (unpaired) electrons. The van der Waals surface area contributed by atoms with Gasteiger partial charge in [-0.1, -0.05) is 52.6 Å². The van der Waals surface area contributed by atoms with Crippen molar-refractivity contribution < 1.29 is 9.57 Å². The van der Waals surface area contributed by atoms with Gasteiger partial charge in [-0.15, -0.1) is 0 Å². The second kappa shape index (κ2) is 8.89. The maximum Gasteiger partial charge on any atom is 0.142 e. The lowest BCUT2D eigenvalue weighted by Gasteiger charge is -2.09. The van der Waals surface area contributed by atoms with Crippen molar-refractivity contribution in [2.24, 2.45) is 11.1 Å². The minimum atomic E-state index is 0.315. The molecule has 1 fully saturated rings. The van der Waals surface area contributed by atoms with E-state index in [9.17, 15) is 0 Å². The maximum atomic E-state index is 6.03. The van der Waals surface area contributed by atoms with Crippen LogP contribution in [0.2, 0.25) is 10.0 Å². The Morgan fingerprint density at radius 2 is 1.52 bits per heavy atom. The topological polar surface area (TPSA) is 30.8 Å². The summed E-state index contributed by atoms with van der Waals surface area (Å²) in [6, 6.07) is 23.6. The van der Waals surface area contributed by atoms with E-state index in [0.29, 0.717) is 23.5 Å². The molecule has 0 heterocycles. The number of hydrogen-bond donors (Lipinski definition) is 0. The van der Waals surface area contributed by atoms with Gasteiger partial charge < -0.3 is 9.57 Å². The molecule has 5 heteroatoms. The Balaban J connectivity index is 1.53. The summed E-state index contributed by atoms with van der Waals surface area (Å²) in [6.45, 7) is 0.398. The van der Waals surface area contributed by atoms with E-state index in [1.807, 2.05) is 60.7 Å². The standard InChI is InChI=1S/C24H21Cl2NO2/c1-28-21-12-6-18(7-13-21)24(27-29-15-16-2-8-19(25)9-3-16)23-14-22(23)17-4-10-20(26)11-5-17/h2-13,22-23H,14-15H2,1H3/b27-24+. The summed E-state index contributed by atoms with van der Waals surface area (Å²) in [5.41, 5.74) is 4.31. The number of oxime groups is 1. The van der Waals surface area contributed by atoms with Gasteiger partial charge in [-0.3, -0.25) is 0 Å². The van der Waals surface area contributed by atoms with Crippen LogP contribution in [-0.4, -0.2) is 12.8 Å². The van der Waals surface area contributed by atoms with Gasteiger partial charge in [-0.2, -0.15) is 0 Å². The molecule has 0 aromatic heterocycles. The molecule has 0 amide bonds. The van der Waals surface area contributed by atoms with Crippen molar-refractivity contribution in [2.45, 2.75) is 18.9 Å². The molecule has 4 rings (SSSR count). The van der Waals surface area contributed by atoms with Crippen molar-refractivity contribution in [3.63, 3.8) is 0 Å². The van der Waals surface area contributed by atoms with Crippen LogP contribution in [0.3, 0.4) is 0 Å². The van der Waals surface area contributed by atoms with Crippen LogP contribution in [0.4, 0.5) is 0 Å². The SMILES string of the molecule is COc1ccc(/C(=N\OCc2ccc(Cl)cc2)C2CC2c2ccc(Cl)cc2)cc1. The number of ether oxygens (including phenoxy) is 1. The number of halogens is 2. The zero-order chi connectivity index (χ0) is 20.2. The average molecular weight is 426 g/mol. The van der Waals surface area contributed by atoms with E-state index in [0.717, 1.165) is 34.0 Å². The quantitative estimate of drug-likeness (QED) is 0.310. The summed E-state index contributed by atoms with van der Waals surface area (Å²) in [5, 5.41) is 6.00. The number of hydrogen-bond acceptors (Lipinski definition) is 3. The first kappa shape index (κ1) is 19.8. The Morgan fingerprint density at radius 1 is 0.897 bits per heavy atom. The van der Waals surface area contributed by atoms with Gasteiger partial charge in [0.1, 0.15) is 12.4 Å².